The van der Waals surface area contributed by atoms with Crippen molar-refractivity contribution < 1.29 is 19.2 Å². The van der Waals surface area contributed by atoms with E-state index in [0.29, 0.717) is 44.9 Å². The summed E-state index contributed by atoms with van der Waals surface area (Å²) in [6.45, 7) is 0. The number of fused-ring (bicyclic) bond motifs is 2. The van der Waals surface area contributed by atoms with Crippen molar-refractivity contribution in [2.24, 2.45) is 17.6 Å². The molecule has 4 aliphatic rings. The van der Waals surface area contributed by atoms with Crippen molar-refractivity contribution in [3.63, 3.8) is 0 Å². The summed E-state index contributed by atoms with van der Waals surface area (Å²) in [4.78, 5) is 59.4. The van der Waals surface area contributed by atoms with Crippen molar-refractivity contribution >= 4 is 47.2 Å². The van der Waals surface area contributed by atoms with Gasteiger partial charge in [0.2, 0.25) is 23.6 Å². The van der Waals surface area contributed by atoms with Gasteiger partial charge < -0.3 is 26.2 Å². The number of piperidine rings is 2. The second-order valence-corrected chi connectivity index (χ2v) is 16.8. The van der Waals surface area contributed by atoms with Crippen LogP contribution in [-0.4, -0.2) is 80.0 Å². The molecule has 0 aromatic heterocycles. The van der Waals surface area contributed by atoms with Gasteiger partial charge >= 0.3 is 0 Å². The smallest absolute Gasteiger partial charge is 0.247 e. The van der Waals surface area contributed by atoms with Crippen LogP contribution in [-0.2, 0) is 32.0 Å². The van der Waals surface area contributed by atoms with Gasteiger partial charge in [0.1, 0.15) is 18.1 Å². The lowest BCUT2D eigenvalue weighted by molar-refractivity contribution is -0.141. The molecule has 12 heteroatoms. The molecule has 0 radical (unpaired) electrons. The summed E-state index contributed by atoms with van der Waals surface area (Å²) in [5, 5.41) is 16.1. The number of nitrogens with two attached hydrogens (primary N) is 1. The fourth-order valence-corrected chi connectivity index (χ4v) is 10.7. The molecule has 0 spiro atoms. The molecule has 10 nitrogen and oxygen atoms in total. The molecule has 4 fully saturated rings. The van der Waals surface area contributed by atoms with Crippen molar-refractivity contribution in [2.75, 3.05) is 11.5 Å². The Bertz CT molecular complexity index is 1560. The van der Waals surface area contributed by atoms with Crippen molar-refractivity contribution in [1.82, 2.24) is 20.4 Å². The molecule has 4 heterocycles. The highest BCUT2D eigenvalue weighted by atomic mass is 32.2. The maximum absolute atomic E-state index is 14.2. The summed E-state index contributed by atoms with van der Waals surface area (Å²) in [6.07, 6.45) is 7.56. The summed E-state index contributed by atoms with van der Waals surface area (Å²) in [5.41, 5.74) is 8.42. The van der Waals surface area contributed by atoms with Gasteiger partial charge in [-0.05, 0) is 99.7 Å². The highest BCUT2D eigenvalue weighted by Gasteiger charge is 2.42. The maximum Gasteiger partial charge on any atom is 0.247 e. The monoisotopic (exact) mass is 730 g/mol. The second-order valence-electron chi connectivity index (χ2n) is 14.3. The zero-order valence-electron chi connectivity index (χ0n) is 29.2. The van der Waals surface area contributed by atoms with Crippen LogP contribution in [0.4, 0.5) is 0 Å². The van der Waals surface area contributed by atoms with E-state index in [1.165, 1.54) is 0 Å². The maximum atomic E-state index is 14.2. The molecule has 0 bridgehead atoms. The molecule has 4 N–H and O–H groups in total. The van der Waals surface area contributed by atoms with Gasteiger partial charge in [-0.3, -0.25) is 19.2 Å². The number of hydrogen-bond acceptors (Lipinski definition) is 8. The molecule has 0 unspecified atom stereocenters. The van der Waals surface area contributed by atoms with E-state index in [-0.39, 0.29) is 40.5 Å². The van der Waals surface area contributed by atoms with Crippen LogP contribution in [0, 0.1) is 23.2 Å². The number of nitrogens with one attached hydrogen (secondary N) is 2. The third kappa shape index (κ3) is 9.29. The lowest BCUT2D eigenvalue weighted by Crippen LogP contribution is -2.58. The third-order valence-corrected chi connectivity index (χ3v) is 13.4. The Balaban J connectivity index is 1.19. The Hall–Kier alpha value is -3.53. The Morgan fingerprint density at radius 2 is 1.20 bits per heavy atom. The summed E-state index contributed by atoms with van der Waals surface area (Å²) < 4.78 is 0. The van der Waals surface area contributed by atoms with Crippen molar-refractivity contribution in [3.8, 4) is 6.07 Å². The van der Waals surface area contributed by atoms with Gasteiger partial charge in [0.15, 0.2) is 0 Å². The van der Waals surface area contributed by atoms with Gasteiger partial charge in [0.05, 0.1) is 23.0 Å². The molecule has 2 aromatic carbocycles. The number of thioether (sulfide) groups is 2. The van der Waals surface area contributed by atoms with Crippen molar-refractivity contribution in [1.29, 1.82) is 5.26 Å². The first kappa shape index (κ1) is 37.2. The number of rotatable bonds is 11. The summed E-state index contributed by atoms with van der Waals surface area (Å²) in [5.74, 6) is -0.175. The molecular weight excluding hydrogens is 681 g/mol. The Kier molecular flexibility index (Phi) is 13.0. The zero-order chi connectivity index (χ0) is 35.7. The average Bonchev–Trinajstić information content (AvgIpc) is 3.41. The first-order chi connectivity index (χ1) is 24.8. The van der Waals surface area contributed by atoms with Crippen LogP contribution in [0.15, 0.2) is 60.7 Å². The number of nitriles is 1. The standard InChI is InChI=1S/C39H50N6O4S2/c40-25-30-13-7-15-34-44(30)38(48)31(19-21-50-34)42-36(46)28(23-26-9-3-1-4-10-26)17-18-29(24-27-11-5-2-6-12-27)37(47)43-32-20-22-51-35-16-8-14-33(41)45(35)39(32)49/h1-6,9-12,28-35H,7-8,13-24,41H2,(H,42,46)(H,43,47)/t28-,29-,30+,31+,32+,33+,34+,35+/m1/s1. The molecule has 4 aliphatic heterocycles. The number of amides is 4. The van der Waals surface area contributed by atoms with Crippen LogP contribution in [0.2, 0.25) is 0 Å². The fourth-order valence-electron chi connectivity index (χ4n) is 7.96. The van der Waals surface area contributed by atoms with Gasteiger partial charge in [-0.15, -0.1) is 23.5 Å². The summed E-state index contributed by atoms with van der Waals surface area (Å²) in [6, 6.07) is 20.1. The molecule has 6 rings (SSSR count). The van der Waals surface area contributed by atoms with Gasteiger partial charge in [-0.1, -0.05) is 60.7 Å². The Morgan fingerprint density at radius 1 is 0.725 bits per heavy atom. The van der Waals surface area contributed by atoms with E-state index in [1.807, 2.05) is 60.7 Å². The quantitative estimate of drug-likeness (QED) is 0.305. The number of nitrogens with zero attached hydrogens (tertiary/aromatic N) is 3. The van der Waals surface area contributed by atoms with Gasteiger partial charge in [-0.2, -0.15) is 5.26 Å². The minimum Gasteiger partial charge on any atom is -0.344 e. The van der Waals surface area contributed by atoms with Crippen molar-refractivity contribution in [3.05, 3.63) is 71.8 Å². The molecule has 4 saturated heterocycles. The van der Waals surface area contributed by atoms with Crippen LogP contribution in [0.25, 0.3) is 0 Å². The van der Waals surface area contributed by atoms with E-state index in [0.717, 1.165) is 54.7 Å². The fraction of sp³-hybridized carbons (Fsp3) is 0.564. The number of carbonyl (C=O) groups excluding carboxylic acids is 4. The van der Waals surface area contributed by atoms with E-state index in [1.54, 1.807) is 33.3 Å². The highest BCUT2D eigenvalue weighted by Crippen LogP contribution is 2.35. The van der Waals surface area contributed by atoms with E-state index < -0.39 is 30.0 Å². The van der Waals surface area contributed by atoms with Crippen LogP contribution in [0.1, 0.15) is 75.3 Å². The van der Waals surface area contributed by atoms with Crippen molar-refractivity contribution in [2.45, 2.75) is 112 Å². The average molecular weight is 731 g/mol. The van der Waals surface area contributed by atoms with Gasteiger partial charge in [0.25, 0.3) is 0 Å². The van der Waals surface area contributed by atoms with E-state index in [2.05, 4.69) is 16.7 Å². The van der Waals surface area contributed by atoms with Crippen LogP contribution < -0.4 is 16.4 Å². The third-order valence-electron chi connectivity index (χ3n) is 10.8. The second kappa shape index (κ2) is 17.8. The number of hydrogen-bond donors (Lipinski definition) is 3. The van der Waals surface area contributed by atoms with Crippen LogP contribution >= 0.6 is 23.5 Å². The first-order valence-corrected chi connectivity index (χ1v) is 20.6. The van der Waals surface area contributed by atoms with E-state index in [4.69, 9.17) is 5.73 Å². The lowest BCUT2D eigenvalue weighted by Gasteiger charge is -2.39. The first-order valence-electron chi connectivity index (χ1n) is 18.5. The molecule has 0 aliphatic carbocycles. The summed E-state index contributed by atoms with van der Waals surface area (Å²) >= 11 is 3.44. The molecule has 0 saturated carbocycles. The highest BCUT2D eigenvalue weighted by molar-refractivity contribution is 8.00. The molecule has 4 amide bonds. The molecular formula is C39H50N6O4S2. The molecule has 2 aromatic rings. The molecule has 272 valence electrons. The number of carbonyl (C=O) groups is 4. The number of benzene rings is 2. The van der Waals surface area contributed by atoms with Crippen LogP contribution in [0.5, 0.6) is 0 Å². The summed E-state index contributed by atoms with van der Waals surface area (Å²) in [7, 11) is 0. The molecule has 51 heavy (non-hydrogen) atoms. The van der Waals surface area contributed by atoms with E-state index in [9.17, 15) is 24.4 Å². The Labute approximate surface area is 310 Å². The molecule has 8 atom stereocenters. The zero-order valence-corrected chi connectivity index (χ0v) is 30.8. The SMILES string of the molecule is N#C[C@@H]1CCC[C@@H]2SCC[C@H](NC(=O)[C@H](CC[C@H](Cc3ccccc3)C(=O)N[C@H]3CCS[C@H]4CCC[C@@H](N)N4C3=O)Cc3ccccc3)C(=O)N12. The lowest BCUT2D eigenvalue weighted by atomic mass is 9.86. The minimum absolute atomic E-state index is 0.0364. The largest absolute Gasteiger partial charge is 0.344 e. The van der Waals surface area contributed by atoms with Gasteiger partial charge in [0, 0.05) is 11.8 Å². The minimum atomic E-state index is -0.699. The predicted octanol–water partition coefficient (Wildman–Crippen LogP) is 4.58. The van der Waals surface area contributed by atoms with Gasteiger partial charge in [-0.25, -0.2) is 0 Å². The Morgan fingerprint density at radius 3 is 1.71 bits per heavy atom. The predicted molar refractivity (Wildman–Crippen MR) is 201 cm³/mol. The normalized spacial score (nSPS) is 27.8. The van der Waals surface area contributed by atoms with E-state index >= 15 is 0 Å². The van der Waals surface area contributed by atoms with Crippen LogP contribution in [0.3, 0.4) is 0 Å². The topological polar surface area (TPSA) is 149 Å².